The number of benzene rings is 2. The smallest absolute Gasteiger partial charge is 0.331 e. The highest BCUT2D eigenvalue weighted by atomic mass is 19.4. The fourth-order valence-corrected chi connectivity index (χ4v) is 2.56. The molecule has 1 heterocycles. The second kappa shape index (κ2) is 7.03. The van der Waals surface area contributed by atoms with E-state index in [4.69, 9.17) is 0 Å². The number of para-hydroxylation sites is 1. The van der Waals surface area contributed by atoms with Crippen LogP contribution in [0.15, 0.2) is 60.9 Å². The van der Waals surface area contributed by atoms with Crippen molar-refractivity contribution in [2.75, 3.05) is 5.32 Å². The van der Waals surface area contributed by atoms with Crippen LogP contribution in [0.5, 0.6) is 0 Å². The lowest BCUT2D eigenvalue weighted by molar-refractivity contribution is -0.136. The number of nitrogens with one attached hydrogen (secondary N) is 1. The lowest BCUT2D eigenvalue weighted by Gasteiger charge is -2.13. The molecule has 3 rings (SSSR count). The molecule has 26 heavy (non-hydrogen) atoms. The lowest BCUT2D eigenvalue weighted by Crippen LogP contribution is -2.16. The third kappa shape index (κ3) is 3.93. The summed E-state index contributed by atoms with van der Waals surface area (Å²) in [5, 5.41) is 2.33. The summed E-state index contributed by atoms with van der Waals surface area (Å²) in [6.45, 7) is 2.49. The molecule has 2 aromatic carbocycles. The van der Waals surface area contributed by atoms with Crippen LogP contribution in [0, 0.1) is 6.92 Å². The number of hydrogen-bond donors (Lipinski definition) is 1. The maximum Gasteiger partial charge on any atom is 0.418 e. The molecule has 0 bridgehead atoms. The van der Waals surface area contributed by atoms with E-state index < -0.39 is 17.6 Å². The second-order valence-corrected chi connectivity index (χ2v) is 5.80. The summed E-state index contributed by atoms with van der Waals surface area (Å²) in [6.07, 6.45) is -0.977. The Balaban J connectivity index is 1.74. The number of nitrogens with zero attached hydrogens (tertiary/aromatic N) is 2. The molecule has 4 nitrogen and oxygen atoms in total. The molecule has 0 atom stereocenters. The average Bonchev–Trinajstić information content (AvgIpc) is 3.00. The Morgan fingerprint density at radius 3 is 2.42 bits per heavy atom. The molecule has 0 saturated carbocycles. The highest BCUT2D eigenvalue weighted by Gasteiger charge is 2.33. The van der Waals surface area contributed by atoms with Gasteiger partial charge in [-0.25, -0.2) is 4.98 Å². The lowest BCUT2D eigenvalue weighted by atomic mass is 10.1. The standard InChI is InChI=1S/C19H16F3N3O/c1-13-23-10-11-25(13)12-14-6-8-15(9-7-14)18(26)24-17-5-3-2-4-16(17)19(20,21)22/h2-11H,12H2,1H3,(H,24,26). The number of amides is 1. The van der Waals surface area contributed by atoms with Gasteiger partial charge in [0.15, 0.2) is 0 Å². The Labute approximate surface area is 148 Å². The fraction of sp³-hybridized carbons (Fsp3) is 0.158. The first-order chi connectivity index (χ1) is 12.3. The van der Waals surface area contributed by atoms with Gasteiger partial charge in [-0.1, -0.05) is 24.3 Å². The van der Waals surface area contributed by atoms with E-state index in [0.717, 1.165) is 17.5 Å². The maximum atomic E-state index is 13.0. The molecular formula is C19H16F3N3O. The van der Waals surface area contributed by atoms with Crippen LogP contribution in [0.2, 0.25) is 0 Å². The van der Waals surface area contributed by atoms with Crippen molar-refractivity contribution < 1.29 is 18.0 Å². The van der Waals surface area contributed by atoms with Gasteiger partial charge in [-0.15, -0.1) is 0 Å². The van der Waals surface area contributed by atoms with Gasteiger partial charge in [-0.2, -0.15) is 13.2 Å². The van der Waals surface area contributed by atoms with Crippen LogP contribution < -0.4 is 5.32 Å². The quantitative estimate of drug-likeness (QED) is 0.745. The molecule has 0 radical (unpaired) electrons. The predicted octanol–water partition coefficient (Wildman–Crippen LogP) is 4.51. The molecule has 0 unspecified atom stereocenters. The number of carbonyl (C=O) groups excluding carboxylic acids is 1. The first-order valence-corrected chi connectivity index (χ1v) is 7.89. The Hall–Kier alpha value is -3.09. The number of rotatable bonds is 4. The van der Waals surface area contributed by atoms with Gasteiger partial charge in [0.1, 0.15) is 5.82 Å². The molecule has 134 valence electrons. The van der Waals surface area contributed by atoms with Crippen molar-refractivity contribution in [1.29, 1.82) is 0 Å². The van der Waals surface area contributed by atoms with Crippen molar-refractivity contribution in [3.63, 3.8) is 0 Å². The van der Waals surface area contributed by atoms with Crippen molar-refractivity contribution >= 4 is 11.6 Å². The monoisotopic (exact) mass is 359 g/mol. The number of hydrogen-bond acceptors (Lipinski definition) is 2. The van der Waals surface area contributed by atoms with E-state index in [9.17, 15) is 18.0 Å². The van der Waals surface area contributed by atoms with Crippen molar-refractivity contribution in [2.24, 2.45) is 0 Å². The number of anilines is 1. The first kappa shape index (κ1) is 17.7. The summed E-state index contributed by atoms with van der Waals surface area (Å²) < 4.78 is 41.0. The Bertz CT molecular complexity index is 914. The zero-order valence-electron chi connectivity index (χ0n) is 13.9. The SMILES string of the molecule is Cc1nccn1Cc1ccc(C(=O)Nc2ccccc2C(F)(F)F)cc1. The highest BCUT2D eigenvalue weighted by molar-refractivity contribution is 6.04. The van der Waals surface area contributed by atoms with E-state index in [2.05, 4.69) is 10.3 Å². The molecule has 1 aromatic heterocycles. The highest BCUT2D eigenvalue weighted by Crippen LogP contribution is 2.34. The second-order valence-electron chi connectivity index (χ2n) is 5.80. The van der Waals surface area contributed by atoms with Gasteiger partial charge >= 0.3 is 6.18 Å². The van der Waals surface area contributed by atoms with E-state index in [1.54, 1.807) is 30.5 Å². The molecule has 7 heteroatoms. The molecule has 0 saturated heterocycles. The third-order valence-corrected chi connectivity index (χ3v) is 3.97. The van der Waals surface area contributed by atoms with Crippen LogP contribution >= 0.6 is 0 Å². The van der Waals surface area contributed by atoms with Gasteiger partial charge in [0.25, 0.3) is 5.91 Å². The molecule has 0 spiro atoms. The number of imidazole rings is 1. The zero-order chi connectivity index (χ0) is 18.7. The Morgan fingerprint density at radius 2 is 1.81 bits per heavy atom. The first-order valence-electron chi connectivity index (χ1n) is 7.89. The summed E-state index contributed by atoms with van der Waals surface area (Å²) in [4.78, 5) is 16.4. The van der Waals surface area contributed by atoms with E-state index in [1.165, 1.54) is 18.2 Å². The third-order valence-electron chi connectivity index (χ3n) is 3.97. The zero-order valence-corrected chi connectivity index (χ0v) is 13.9. The molecule has 1 N–H and O–H groups in total. The van der Waals surface area contributed by atoms with Crippen LogP contribution in [0.4, 0.5) is 18.9 Å². The molecule has 0 aliphatic carbocycles. The van der Waals surface area contributed by atoms with Crippen LogP contribution in [0.25, 0.3) is 0 Å². The number of aromatic nitrogens is 2. The maximum absolute atomic E-state index is 13.0. The Kier molecular flexibility index (Phi) is 4.79. The van der Waals surface area contributed by atoms with Gasteiger partial charge < -0.3 is 9.88 Å². The number of carbonyl (C=O) groups is 1. The van der Waals surface area contributed by atoms with Crippen molar-refractivity contribution in [3.05, 3.63) is 83.4 Å². The predicted molar refractivity (Wildman–Crippen MR) is 91.9 cm³/mol. The molecule has 0 fully saturated rings. The molecule has 3 aromatic rings. The van der Waals surface area contributed by atoms with E-state index in [-0.39, 0.29) is 11.3 Å². The van der Waals surface area contributed by atoms with E-state index in [1.807, 2.05) is 17.7 Å². The van der Waals surface area contributed by atoms with Crippen molar-refractivity contribution in [3.8, 4) is 0 Å². The summed E-state index contributed by atoms with van der Waals surface area (Å²) in [6, 6.07) is 11.6. The normalized spacial score (nSPS) is 11.4. The topological polar surface area (TPSA) is 46.9 Å². The summed E-state index contributed by atoms with van der Waals surface area (Å²) in [5.74, 6) is 0.280. The van der Waals surface area contributed by atoms with Crippen molar-refractivity contribution in [1.82, 2.24) is 9.55 Å². The van der Waals surface area contributed by atoms with E-state index in [0.29, 0.717) is 6.54 Å². The molecule has 1 amide bonds. The van der Waals surface area contributed by atoms with E-state index >= 15 is 0 Å². The van der Waals surface area contributed by atoms with Gasteiger partial charge in [0.05, 0.1) is 11.3 Å². The number of alkyl halides is 3. The van der Waals surface area contributed by atoms with Crippen LogP contribution in [0.1, 0.15) is 27.3 Å². The van der Waals surface area contributed by atoms with Crippen molar-refractivity contribution in [2.45, 2.75) is 19.6 Å². The minimum Gasteiger partial charge on any atom is -0.331 e. The van der Waals surface area contributed by atoms with Gasteiger partial charge in [0.2, 0.25) is 0 Å². The minimum atomic E-state index is -4.53. The summed E-state index contributed by atoms with van der Waals surface area (Å²) >= 11 is 0. The van der Waals surface area contributed by atoms with Crippen LogP contribution in [-0.2, 0) is 12.7 Å². The van der Waals surface area contributed by atoms with Gasteiger partial charge in [-0.3, -0.25) is 4.79 Å². The number of halogens is 3. The fourth-order valence-electron chi connectivity index (χ4n) is 2.56. The number of aryl methyl sites for hydroxylation is 1. The molecule has 0 aliphatic rings. The van der Waals surface area contributed by atoms with Gasteiger partial charge in [-0.05, 0) is 36.8 Å². The minimum absolute atomic E-state index is 0.261. The molecule has 0 aliphatic heterocycles. The van der Waals surface area contributed by atoms with Crippen LogP contribution in [0.3, 0.4) is 0 Å². The average molecular weight is 359 g/mol. The largest absolute Gasteiger partial charge is 0.418 e. The molecular weight excluding hydrogens is 343 g/mol. The Morgan fingerprint density at radius 1 is 1.12 bits per heavy atom. The van der Waals surface area contributed by atoms with Gasteiger partial charge in [0, 0.05) is 24.5 Å². The summed E-state index contributed by atoms with van der Waals surface area (Å²) in [5.41, 5.74) is 0.107. The summed E-state index contributed by atoms with van der Waals surface area (Å²) in [7, 11) is 0. The van der Waals surface area contributed by atoms with Crippen LogP contribution in [-0.4, -0.2) is 15.5 Å².